The highest BCUT2D eigenvalue weighted by atomic mass is 16.6. The van der Waals surface area contributed by atoms with Gasteiger partial charge in [0, 0.05) is 13.1 Å². The Bertz CT molecular complexity index is 1450. The Morgan fingerprint density at radius 2 is 1.64 bits per heavy atom. The molecular weight excluding hydrogens is 580 g/mol. The molecule has 12 nitrogen and oxygen atoms in total. The number of carboxylic acids is 1. The fraction of sp³-hybridized carbons (Fsp3) is 0.424. The van der Waals surface area contributed by atoms with E-state index in [-0.39, 0.29) is 13.0 Å². The lowest BCUT2D eigenvalue weighted by molar-refractivity contribution is -0.137. The highest BCUT2D eigenvalue weighted by molar-refractivity contribution is 5.87. The van der Waals surface area contributed by atoms with Gasteiger partial charge >= 0.3 is 24.2 Å². The van der Waals surface area contributed by atoms with Crippen molar-refractivity contribution < 1.29 is 38.5 Å². The third-order valence-electron chi connectivity index (χ3n) is 6.33. The van der Waals surface area contributed by atoms with E-state index >= 15 is 0 Å². The van der Waals surface area contributed by atoms with Crippen LogP contribution in [0.4, 0.5) is 14.4 Å². The van der Waals surface area contributed by atoms with Crippen molar-refractivity contribution in [2.45, 2.75) is 78.2 Å². The number of fused-ring (bicyclic) bond motifs is 3. The Labute approximate surface area is 263 Å². The Balaban J connectivity index is 0.000000281. The highest BCUT2D eigenvalue weighted by Gasteiger charge is 2.23. The van der Waals surface area contributed by atoms with Crippen molar-refractivity contribution >= 4 is 30.6 Å². The highest BCUT2D eigenvalue weighted by Crippen LogP contribution is 2.36. The number of rotatable bonds is 7. The molecule has 3 amide bonds. The predicted octanol–water partition coefficient (Wildman–Crippen LogP) is 5.33. The number of nitrogens with one attached hydrogen (secondary N) is 3. The van der Waals surface area contributed by atoms with Gasteiger partial charge in [-0.3, -0.25) is 10.1 Å². The van der Waals surface area contributed by atoms with Gasteiger partial charge in [0.05, 0.1) is 12.5 Å². The van der Waals surface area contributed by atoms with Gasteiger partial charge in [0.15, 0.2) is 0 Å². The number of amides is 3. The Hall–Kier alpha value is -4.71. The lowest BCUT2D eigenvalue weighted by atomic mass is 10.0. The first-order valence-corrected chi connectivity index (χ1v) is 14.6. The summed E-state index contributed by atoms with van der Waals surface area (Å²) in [5.74, 6) is -0.962. The minimum Gasteiger partial charge on any atom is -0.481 e. The molecule has 2 aromatic rings. The largest absolute Gasteiger partial charge is 0.481 e. The van der Waals surface area contributed by atoms with Crippen LogP contribution in [0.15, 0.2) is 59.1 Å². The number of alkyl carbamates (subject to hydrolysis) is 2. The fourth-order valence-corrected chi connectivity index (χ4v) is 4.56. The Kier molecular flexibility index (Phi) is 11.9. The summed E-state index contributed by atoms with van der Waals surface area (Å²) in [7, 11) is 0. The molecule has 2 aromatic carbocycles. The van der Waals surface area contributed by atoms with Crippen LogP contribution in [0.5, 0.6) is 0 Å². The number of ether oxygens (including phenoxy) is 3. The van der Waals surface area contributed by atoms with Gasteiger partial charge in [-0.15, -0.1) is 0 Å². The minimum absolute atomic E-state index is 0.145. The molecule has 242 valence electrons. The van der Waals surface area contributed by atoms with Crippen LogP contribution in [0, 0.1) is 0 Å². The zero-order valence-corrected chi connectivity index (χ0v) is 26.6. The first-order chi connectivity index (χ1) is 21.1. The summed E-state index contributed by atoms with van der Waals surface area (Å²) >= 11 is 0. The maximum atomic E-state index is 12.2. The first-order valence-electron chi connectivity index (χ1n) is 14.6. The third kappa shape index (κ3) is 12.1. The molecule has 0 fully saturated rings. The zero-order chi connectivity index (χ0) is 33.2. The summed E-state index contributed by atoms with van der Waals surface area (Å²) in [4.78, 5) is 48.9. The SMILES string of the molecule is CC(C)(C)OC(=O)N=CNC(=O)OC(C)(C)C.O=C(O)CC(NC(=O)OCc1ccc2c(c1)Cc1ccccc1-2)C1=CCNC1. The van der Waals surface area contributed by atoms with Gasteiger partial charge in [0.2, 0.25) is 0 Å². The molecule has 1 unspecified atom stereocenters. The Morgan fingerprint density at radius 3 is 2.29 bits per heavy atom. The molecule has 1 atom stereocenters. The average Bonchev–Trinajstić information content (AvgIpc) is 3.58. The predicted molar refractivity (Wildman–Crippen MR) is 169 cm³/mol. The summed E-state index contributed by atoms with van der Waals surface area (Å²) in [5.41, 5.74) is 5.61. The molecule has 1 aliphatic heterocycles. The summed E-state index contributed by atoms with van der Waals surface area (Å²) in [5, 5.41) is 17.1. The number of benzene rings is 2. The number of aliphatic carboxylic acids is 1. The van der Waals surface area contributed by atoms with E-state index in [1.165, 1.54) is 22.3 Å². The summed E-state index contributed by atoms with van der Waals surface area (Å²) in [6.07, 6.45) is 1.52. The maximum Gasteiger partial charge on any atom is 0.435 e. The molecule has 0 radical (unpaired) electrons. The third-order valence-corrected chi connectivity index (χ3v) is 6.33. The minimum atomic E-state index is -0.962. The van der Waals surface area contributed by atoms with Crippen molar-refractivity contribution in [3.05, 3.63) is 70.8 Å². The van der Waals surface area contributed by atoms with Crippen LogP contribution in [0.2, 0.25) is 0 Å². The van der Waals surface area contributed by atoms with E-state index < -0.39 is 41.5 Å². The topological polar surface area (TPSA) is 165 Å². The van der Waals surface area contributed by atoms with Crippen molar-refractivity contribution in [3.8, 4) is 11.1 Å². The molecule has 4 N–H and O–H groups in total. The molecule has 0 saturated heterocycles. The molecule has 0 bridgehead atoms. The lowest BCUT2D eigenvalue weighted by Crippen LogP contribution is -2.39. The van der Waals surface area contributed by atoms with Crippen molar-refractivity contribution in [3.63, 3.8) is 0 Å². The number of nitrogens with zero attached hydrogens (tertiary/aromatic N) is 1. The first kappa shape index (κ1) is 34.8. The van der Waals surface area contributed by atoms with Crippen molar-refractivity contribution in [1.82, 2.24) is 16.0 Å². The van der Waals surface area contributed by atoms with Crippen LogP contribution >= 0.6 is 0 Å². The van der Waals surface area contributed by atoms with E-state index in [0.29, 0.717) is 13.1 Å². The molecule has 0 saturated carbocycles. The molecule has 4 rings (SSSR count). The van der Waals surface area contributed by atoms with Gasteiger partial charge < -0.3 is 30.0 Å². The summed E-state index contributed by atoms with van der Waals surface area (Å²) < 4.78 is 15.2. The van der Waals surface area contributed by atoms with Crippen LogP contribution in [-0.4, -0.2) is 66.0 Å². The average molecular weight is 623 g/mol. The monoisotopic (exact) mass is 622 g/mol. The van der Waals surface area contributed by atoms with E-state index in [1.54, 1.807) is 41.5 Å². The van der Waals surface area contributed by atoms with Crippen LogP contribution in [-0.2, 0) is 32.0 Å². The fourth-order valence-electron chi connectivity index (χ4n) is 4.56. The van der Waals surface area contributed by atoms with E-state index in [4.69, 9.17) is 19.3 Å². The van der Waals surface area contributed by atoms with Gasteiger partial charge in [0.1, 0.15) is 24.1 Å². The smallest absolute Gasteiger partial charge is 0.435 e. The second-order valence-electron chi connectivity index (χ2n) is 12.5. The number of hydrogen-bond acceptors (Lipinski definition) is 8. The van der Waals surface area contributed by atoms with Crippen LogP contribution < -0.4 is 16.0 Å². The van der Waals surface area contributed by atoms with Crippen molar-refractivity contribution in [1.29, 1.82) is 0 Å². The normalized spacial score (nSPS) is 14.2. The number of carboxylic acid groups (broad SMARTS) is 1. The summed E-state index contributed by atoms with van der Waals surface area (Å²) in [6.45, 7) is 11.8. The maximum absolute atomic E-state index is 12.2. The van der Waals surface area contributed by atoms with Gasteiger partial charge in [-0.1, -0.05) is 48.5 Å². The van der Waals surface area contributed by atoms with E-state index in [1.807, 2.05) is 24.3 Å². The number of aliphatic imine (C=N–C) groups is 1. The molecule has 0 aromatic heterocycles. The van der Waals surface area contributed by atoms with Crippen LogP contribution in [0.25, 0.3) is 11.1 Å². The molecule has 1 aliphatic carbocycles. The molecule has 2 aliphatic rings. The number of carbonyl (C=O) groups is 4. The van der Waals surface area contributed by atoms with Gasteiger partial charge in [-0.2, -0.15) is 4.99 Å². The second kappa shape index (κ2) is 15.3. The molecule has 12 heteroatoms. The summed E-state index contributed by atoms with van der Waals surface area (Å²) in [6, 6.07) is 13.9. The molecule has 0 spiro atoms. The standard InChI is InChI=1S/C22H22N2O4.C11H20N2O4/c25-21(26)11-20(16-7-8-23-12-16)24-22(27)28-13-14-5-6-19-17(9-14)10-15-3-1-2-4-18(15)19;1-10(2,3)16-8(14)12-7-13-9(15)17-11(4,5)6/h1-7,9,20,23H,8,10-13H2,(H,24,27)(H,25,26);7H,1-6H3,(H,12,13,14,15). The van der Waals surface area contributed by atoms with Crippen molar-refractivity contribution in [2.75, 3.05) is 13.1 Å². The molecule has 45 heavy (non-hydrogen) atoms. The number of carbonyl (C=O) groups excluding carboxylic acids is 3. The lowest BCUT2D eigenvalue weighted by Gasteiger charge is -2.18. The van der Waals surface area contributed by atoms with E-state index in [0.717, 1.165) is 23.9 Å². The van der Waals surface area contributed by atoms with Crippen LogP contribution in [0.3, 0.4) is 0 Å². The molecular formula is C33H42N4O8. The zero-order valence-electron chi connectivity index (χ0n) is 26.6. The van der Waals surface area contributed by atoms with Gasteiger partial charge in [-0.05, 0) is 81.4 Å². The van der Waals surface area contributed by atoms with E-state index in [2.05, 4.69) is 45.2 Å². The van der Waals surface area contributed by atoms with Gasteiger partial charge in [-0.25, -0.2) is 14.4 Å². The van der Waals surface area contributed by atoms with Gasteiger partial charge in [0.25, 0.3) is 0 Å². The quantitative estimate of drug-likeness (QED) is 0.118. The van der Waals surface area contributed by atoms with Crippen molar-refractivity contribution in [2.24, 2.45) is 4.99 Å². The number of hydrogen-bond donors (Lipinski definition) is 4. The second-order valence-corrected chi connectivity index (χ2v) is 12.5. The Morgan fingerprint density at radius 1 is 0.956 bits per heavy atom. The van der Waals surface area contributed by atoms with Crippen LogP contribution in [0.1, 0.15) is 64.7 Å². The van der Waals surface area contributed by atoms with E-state index in [9.17, 15) is 19.2 Å². The molecule has 1 heterocycles.